The lowest BCUT2D eigenvalue weighted by atomic mass is 10.0. The fraction of sp³-hybridized carbons (Fsp3) is 0.143. The molecule has 1 atom stereocenters. The first kappa shape index (κ1) is 19.7. The summed E-state index contributed by atoms with van der Waals surface area (Å²) in [6.45, 7) is 1.77. The Morgan fingerprint density at radius 3 is 2.20 bits per heavy atom. The Morgan fingerprint density at radius 2 is 1.53 bits per heavy atom. The van der Waals surface area contributed by atoms with Gasteiger partial charge in [-0.1, -0.05) is 18.2 Å². The molecule has 2 heterocycles. The minimum Gasteiger partial charge on any atom is -0.363 e. The normalized spacial score (nSPS) is 12.7. The van der Waals surface area contributed by atoms with E-state index in [1.54, 1.807) is 19.1 Å². The predicted molar refractivity (Wildman–Crippen MR) is 104 cm³/mol. The minimum absolute atomic E-state index is 0.321. The van der Waals surface area contributed by atoms with Gasteiger partial charge in [-0.15, -0.1) is 0 Å². The van der Waals surface area contributed by atoms with Gasteiger partial charge in [-0.3, -0.25) is 0 Å². The maximum Gasteiger partial charge on any atom is 0.451 e. The van der Waals surface area contributed by atoms with Crippen molar-refractivity contribution in [3.63, 3.8) is 0 Å². The molecule has 0 amide bonds. The lowest BCUT2D eigenvalue weighted by Gasteiger charge is -2.16. The molecule has 0 unspecified atom stereocenters. The van der Waals surface area contributed by atoms with Gasteiger partial charge in [0.15, 0.2) is 0 Å². The summed E-state index contributed by atoms with van der Waals surface area (Å²) >= 11 is 0. The number of rotatable bonds is 4. The first-order valence-corrected chi connectivity index (χ1v) is 8.97. The molecule has 0 aliphatic rings. The molecule has 1 N–H and O–H groups in total. The van der Waals surface area contributed by atoms with Gasteiger partial charge in [0.2, 0.25) is 5.82 Å². The number of nitrogens with zero attached hydrogens (tertiary/aromatic N) is 4. The van der Waals surface area contributed by atoms with Crippen molar-refractivity contribution in [3.8, 4) is 11.1 Å². The van der Waals surface area contributed by atoms with Crippen molar-refractivity contribution in [1.29, 1.82) is 0 Å². The van der Waals surface area contributed by atoms with Crippen molar-refractivity contribution in [1.82, 2.24) is 19.9 Å². The van der Waals surface area contributed by atoms with Gasteiger partial charge in [0, 0.05) is 23.3 Å². The molecular formula is C21H15F4N5. The quantitative estimate of drug-likeness (QED) is 0.453. The van der Waals surface area contributed by atoms with E-state index < -0.39 is 18.0 Å². The third kappa shape index (κ3) is 4.05. The number of alkyl halides is 3. The van der Waals surface area contributed by atoms with E-state index in [-0.39, 0.29) is 5.82 Å². The first-order valence-electron chi connectivity index (χ1n) is 8.97. The summed E-state index contributed by atoms with van der Waals surface area (Å²) < 4.78 is 51.2. The Kier molecular flexibility index (Phi) is 5.03. The molecule has 5 nitrogen and oxygen atoms in total. The third-order valence-electron chi connectivity index (χ3n) is 4.59. The van der Waals surface area contributed by atoms with Gasteiger partial charge in [-0.2, -0.15) is 13.2 Å². The van der Waals surface area contributed by atoms with E-state index in [2.05, 4.69) is 25.3 Å². The van der Waals surface area contributed by atoms with Crippen molar-refractivity contribution in [2.45, 2.75) is 19.1 Å². The molecule has 0 saturated carbocycles. The van der Waals surface area contributed by atoms with Crippen LogP contribution in [0.2, 0.25) is 0 Å². The second-order valence-electron chi connectivity index (χ2n) is 6.66. The van der Waals surface area contributed by atoms with E-state index in [1.165, 1.54) is 18.5 Å². The van der Waals surface area contributed by atoms with Crippen molar-refractivity contribution < 1.29 is 17.6 Å². The average Bonchev–Trinajstić information content (AvgIpc) is 2.74. The maximum absolute atomic E-state index is 13.2. The summed E-state index contributed by atoms with van der Waals surface area (Å²) in [6.07, 6.45) is -0.908. The van der Waals surface area contributed by atoms with Crippen molar-refractivity contribution in [3.05, 3.63) is 78.4 Å². The summed E-state index contributed by atoms with van der Waals surface area (Å²) in [5.41, 5.74) is 2.85. The topological polar surface area (TPSA) is 63.6 Å². The number of fused-ring (bicyclic) bond motifs is 1. The molecule has 0 bridgehead atoms. The molecule has 0 aliphatic heterocycles. The predicted octanol–water partition coefficient (Wildman–Crippen LogP) is 5.42. The Hall–Kier alpha value is -3.62. The smallest absolute Gasteiger partial charge is 0.363 e. The summed E-state index contributed by atoms with van der Waals surface area (Å²) in [6, 6.07) is 11.3. The van der Waals surface area contributed by atoms with Gasteiger partial charge in [-0.25, -0.2) is 24.3 Å². The highest BCUT2D eigenvalue weighted by molar-refractivity contribution is 5.92. The molecule has 4 rings (SSSR count). The second kappa shape index (κ2) is 7.66. The lowest BCUT2D eigenvalue weighted by molar-refractivity contribution is -0.145. The number of benzene rings is 2. The zero-order valence-corrected chi connectivity index (χ0v) is 15.7. The van der Waals surface area contributed by atoms with Gasteiger partial charge >= 0.3 is 6.18 Å². The third-order valence-corrected chi connectivity index (χ3v) is 4.59. The van der Waals surface area contributed by atoms with E-state index >= 15 is 0 Å². The molecule has 2 aromatic heterocycles. The standard InChI is InChI=1S/C21H15F4N5/c1-12(15-9-26-20(27-10-15)21(23,24)25)30-19-17-8-14(4-7-18(17)28-11-29-19)13-2-5-16(22)6-3-13/h2-12H,1H3,(H,28,29,30)/t12-/m1/s1. The van der Waals surface area contributed by atoms with E-state index in [4.69, 9.17) is 0 Å². The van der Waals surface area contributed by atoms with E-state index in [0.717, 1.165) is 28.9 Å². The lowest BCUT2D eigenvalue weighted by Crippen LogP contribution is -2.14. The Balaban J connectivity index is 1.65. The van der Waals surface area contributed by atoms with Crippen LogP contribution in [0.15, 0.2) is 61.2 Å². The monoisotopic (exact) mass is 413 g/mol. The largest absolute Gasteiger partial charge is 0.451 e. The molecule has 0 radical (unpaired) electrons. The number of anilines is 1. The van der Waals surface area contributed by atoms with Crippen LogP contribution < -0.4 is 5.32 Å². The molecule has 0 aliphatic carbocycles. The van der Waals surface area contributed by atoms with Gasteiger partial charge in [0.25, 0.3) is 0 Å². The molecule has 0 spiro atoms. The van der Waals surface area contributed by atoms with Gasteiger partial charge in [0.05, 0.1) is 11.6 Å². The van der Waals surface area contributed by atoms with Gasteiger partial charge < -0.3 is 5.32 Å². The SMILES string of the molecule is C[C@@H](Nc1ncnc2ccc(-c3ccc(F)cc3)cc12)c1cnc(C(F)(F)F)nc1. The van der Waals surface area contributed by atoms with Crippen LogP contribution in [0.25, 0.3) is 22.0 Å². The van der Waals surface area contributed by atoms with E-state index in [0.29, 0.717) is 16.9 Å². The Labute approximate surface area is 168 Å². The zero-order chi connectivity index (χ0) is 21.3. The molecule has 0 saturated heterocycles. The van der Waals surface area contributed by atoms with Crippen LogP contribution >= 0.6 is 0 Å². The average molecular weight is 413 g/mol. The van der Waals surface area contributed by atoms with Crippen LogP contribution in [0, 0.1) is 5.82 Å². The number of aromatic nitrogens is 4. The van der Waals surface area contributed by atoms with Crippen LogP contribution in [-0.2, 0) is 6.18 Å². The van der Waals surface area contributed by atoms with Crippen LogP contribution in [0.5, 0.6) is 0 Å². The highest BCUT2D eigenvalue weighted by atomic mass is 19.4. The number of halogens is 4. The fourth-order valence-corrected chi connectivity index (χ4v) is 2.99. The molecule has 4 aromatic rings. The summed E-state index contributed by atoms with van der Waals surface area (Å²) in [4.78, 5) is 15.3. The van der Waals surface area contributed by atoms with Crippen molar-refractivity contribution in [2.24, 2.45) is 0 Å². The van der Waals surface area contributed by atoms with Crippen LogP contribution in [0.3, 0.4) is 0 Å². The summed E-state index contributed by atoms with van der Waals surface area (Å²) in [7, 11) is 0. The van der Waals surface area contributed by atoms with E-state index in [9.17, 15) is 17.6 Å². The van der Waals surface area contributed by atoms with Crippen LogP contribution in [-0.4, -0.2) is 19.9 Å². The molecule has 30 heavy (non-hydrogen) atoms. The Bertz CT molecular complexity index is 1170. The van der Waals surface area contributed by atoms with Crippen molar-refractivity contribution in [2.75, 3.05) is 5.32 Å². The fourth-order valence-electron chi connectivity index (χ4n) is 2.99. The first-order chi connectivity index (χ1) is 14.3. The number of hydrogen-bond acceptors (Lipinski definition) is 5. The second-order valence-corrected chi connectivity index (χ2v) is 6.66. The molecule has 9 heteroatoms. The molecule has 152 valence electrons. The van der Waals surface area contributed by atoms with Crippen LogP contribution in [0.1, 0.15) is 24.4 Å². The highest BCUT2D eigenvalue weighted by Gasteiger charge is 2.34. The van der Waals surface area contributed by atoms with Gasteiger partial charge in [-0.05, 0) is 42.3 Å². The summed E-state index contributed by atoms with van der Waals surface area (Å²) in [5.74, 6) is -0.996. The zero-order valence-electron chi connectivity index (χ0n) is 15.7. The maximum atomic E-state index is 13.2. The number of hydrogen-bond donors (Lipinski definition) is 1. The summed E-state index contributed by atoms with van der Waals surface area (Å²) in [5, 5.41) is 3.90. The Morgan fingerprint density at radius 1 is 0.867 bits per heavy atom. The van der Waals surface area contributed by atoms with E-state index in [1.807, 2.05) is 18.2 Å². The molecular weight excluding hydrogens is 398 g/mol. The minimum atomic E-state index is -4.59. The highest BCUT2D eigenvalue weighted by Crippen LogP contribution is 2.30. The number of nitrogens with one attached hydrogen (secondary N) is 1. The molecule has 2 aromatic carbocycles. The molecule has 0 fully saturated rings. The van der Waals surface area contributed by atoms with Crippen molar-refractivity contribution >= 4 is 16.7 Å². The van der Waals surface area contributed by atoms with Gasteiger partial charge in [0.1, 0.15) is 18.0 Å². The van der Waals surface area contributed by atoms with Crippen LogP contribution in [0.4, 0.5) is 23.4 Å².